The van der Waals surface area contributed by atoms with Crippen molar-refractivity contribution in [2.45, 2.75) is 31.9 Å². The van der Waals surface area contributed by atoms with E-state index in [-0.39, 0.29) is 24.7 Å². The zero-order valence-electron chi connectivity index (χ0n) is 11.4. The van der Waals surface area contributed by atoms with Crippen molar-refractivity contribution in [3.8, 4) is 5.75 Å². The van der Waals surface area contributed by atoms with Crippen molar-refractivity contribution in [2.75, 3.05) is 20.3 Å². The fourth-order valence-corrected chi connectivity index (χ4v) is 3.21. The molecule has 1 aliphatic carbocycles. The van der Waals surface area contributed by atoms with Gasteiger partial charge in [-0.1, -0.05) is 6.07 Å². The Balaban J connectivity index is 1.98. The molecule has 0 radical (unpaired) electrons. The summed E-state index contributed by atoms with van der Waals surface area (Å²) in [6, 6.07) is 6.33. The van der Waals surface area contributed by atoms with Crippen LogP contribution in [0, 0.1) is 0 Å². The molecular weight excluding hydrogens is 242 g/mol. The Bertz CT molecular complexity index is 500. The monoisotopic (exact) mass is 261 g/mol. The average Bonchev–Trinajstić information content (AvgIpc) is 2.46. The highest BCUT2D eigenvalue weighted by atomic mass is 16.5. The quantitative estimate of drug-likeness (QED) is 0.816. The number of nitrogens with zero attached hydrogens (tertiary/aromatic N) is 1. The smallest absolute Gasteiger partial charge is 0.248 e. The summed E-state index contributed by atoms with van der Waals surface area (Å²) in [5.74, 6) is 0.957. The summed E-state index contributed by atoms with van der Waals surface area (Å²) >= 11 is 0. The van der Waals surface area contributed by atoms with Crippen molar-refractivity contribution in [3.63, 3.8) is 0 Å². The first-order valence-electron chi connectivity index (χ1n) is 6.82. The second-order valence-electron chi connectivity index (χ2n) is 5.08. The normalized spacial score (nSPS) is 25.8. The molecule has 1 aromatic carbocycles. The Kier molecular flexibility index (Phi) is 3.19. The third kappa shape index (κ3) is 2.00. The molecular formula is C15H19NO3. The minimum absolute atomic E-state index is 0.00324. The number of ether oxygens (including phenoxy) is 2. The van der Waals surface area contributed by atoms with Gasteiger partial charge in [-0.2, -0.15) is 0 Å². The topological polar surface area (TPSA) is 38.8 Å². The maximum Gasteiger partial charge on any atom is 0.248 e. The van der Waals surface area contributed by atoms with E-state index in [9.17, 15) is 4.79 Å². The molecule has 0 saturated carbocycles. The molecule has 2 aliphatic rings. The molecule has 0 N–H and O–H groups in total. The first-order chi connectivity index (χ1) is 9.24. The van der Waals surface area contributed by atoms with Gasteiger partial charge in [-0.25, -0.2) is 0 Å². The molecule has 0 unspecified atom stereocenters. The summed E-state index contributed by atoms with van der Waals surface area (Å²) in [6.07, 6.45) is 1.97. The van der Waals surface area contributed by atoms with Gasteiger partial charge in [0.15, 0.2) is 0 Å². The molecule has 3 rings (SSSR count). The third-order valence-electron chi connectivity index (χ3n) is 4.17. The summed E-state index contributed by atoms with van der Waals surface area (Å²) in [6.45, 7) is 2.97. The van der Waals surface area contributed by atoms with Crippen molar-refractivity contribution in [2.24, 2.45) is 0 Å². The Morgan fingerprint density at radius 1 is 1.47 bits per heavy atom. The van der Waals surface area contributed by atoms with Crippen LogP contribution in [0.2, 0.25) is 0 Å². The van der Waals surface area contributed by atoms with Crippen LogP contribution < -0.4 is 4.74 Å². The van der Waals surface area contributed by atoms with E-state index < -0.39 is 0 Å². The van der Waals surface area contributed by atoms with Crippen LogP contribution in [-0.4, -0.2) is 37.1 Å². The molecule has 19 heavy (non-hydrogen) atoms. The van der Waals surface area contributed by atoms with E-state index in [0.717, 1.165) is 25.1 Å². The Morgan fingerprint density at radius 3 is 3.05 bits per heavy atom. The van der Waals surface area contributed by atoms with E-state index in [1.54, 1.807) is 7.11 Å². The molecule has 1 aliphatic heterocycles. The Morgan fingerprint density at radius 2 is 2.32 bits per heavy atom. The lowest BCUT2D eigenvalue weighted by Crippen LogP contribution is -2.52. The van der Waals surface area contributed by atoms with Gasteiger partial charge in [0.05, 0.1) is 13.2 Å². The van der Waals surface area contributed by atoms with Gasteiger partial charge in [-0.3, -0.25) is 4.79 Å². The summed E-state index contributed by atoms with van der Waals surface area (Å²) in [5, 5.41) is 0. The lowest BCUT2D eigenvalue weighted by Gasteiger charge is -2.44. The number of morpholine rings is 1. The molecule has 1 amide bonds. The highest BCUT2D eigenvalue weighted by molar-refractivity contribution is 5.78. The lowest BCUT2D eigenvalue weighted by atomic mass is 9.84. The number of likely N-dealkylation sites (N-methyl/N-ethyl adjacent to an activating group) is 1. The zero-order chi connectivity index (χ0) is 13.4. The number of rotatable bonds is 2. The summed E-state index contributed by atoms with van der Waals surface area (Å²) < 4.78 is 11.1. The molecule has 0 bridgehead atoms. The van der Waals surface area contributed by atoms with Crippen LogP contribution in [0.3, 0.4) is 0 Å². The maximum absolute atomic E-state index is 11.9. The van der Waals surface area contributed by atoms with Gasteiger partial charge >= 0.3 is 0 Å². The molecule has 1 aromatic rings. The number of benzene rings is 1. The Hall–Kier alpha value is -1.55. The molecule has 4 nitrogen and oxygen atoms in total. The van der Waals surface area contributed by atoms with Gasteiger partial charge < -0.3 is 14.4 Å². The number of hydrogen-bond donors (Lipinski definition) is 0. The van der Waals surface area contributed by atoms with Gasteiger partial charge in [0, 0.05) is 6.54 Å². The summed E-state index contributed by atoms with van der Waals surface area (Å²) in [7, 11) is 1.67. The van der Waals surface area contributed by atoms with Gasteiger partial charge in [-0.05, 0) is 43.0 Å². The highest BCUT2D eigenvalue weighted by Crippen LogP contribution is 2.39. The van der Waals surface area contributed by atoms with Gasteiger partial charge in [0.1, 0.15) is 18.5 Å². The average molecular weight is 261 g/mol. The number of hydrogen-bond acceptors (Lipinski definition) is 3. The first-order valence-corrected chi connectivity index (χ1v) is 6.82. The Labute approximate surface area is 113 Å². The van der Waals surface area contributed by atoms with Crippen molar-refractivity contribution >= 4 is 5.91 Å². The van der Waals surface area contributed by atoms with Crippen molar-refractivity contribution in [1.29, 1.82) is 0 Å². The van der Waals surface area contributed by atoms with E-state index in [1.807, 2.05) is 17.9 Å². The van der Waals surface area contributed by atoms with E-state index in [2.05, 4.69) is 12.1 Å². The predicted molar refractivity (Wildman–Crippen MR) is 71.2 cm³/mol. The van der Waals surface area contributed by atoms with Crippen LogP contribution in [0.4, 0.5) is 0 Å². The van der Waals surface area contributed by atoms with Crippen LogP contribution in [0.5, 0.6) is 5.75 Å². The van der Waals surface area contributed by atoms with Crippen molar-refractivity contribution in [3.05, 3.63) is 29.3 Å². The molecule has 0 aromatic heterocycles. The van der Waals surface area contributed by atoms with Crippen LogP contribution in [-0.2, 0) is 16.0 Å². The lowest BCUT2D eigenvalue weighted by molar-refractivity contribution is -0.158. The van der Waals surface area contributed by atoms with Gasteiger partial charge in [0.25, 0.3) is 0 Å². The molecule has 2 atom stereocenters. The van der Waals surface area contributed by atoms with E-state index in [1.165, 1.54) is 11.1 Å². The summed E-state index contributed by atoms with van der Waals surface area (Å²) in [4.78, 5) is 13.8. The molecule has 102 valence electrons. The minimum atomic E-state index is -0.00324. The number of methoxy groups -OCH3 is 1. The van der Waals surface area contributed by atoms with Gasteiger partial charge in [0.2, 0.25) is 5.91 Å². The van der Waals surface area contributed by atoms with E-state index in [0.29, 0.717) is 0 Å². The number of aryl methyl sites for hydroxylation is 1. The number of amides is 1. The summed E-state index contributed by atoms with van der Waals surface area (Å²) in [5.41, 5.74) is 2.49. The predicted octanol–water partition coefficient (Wildman–Crippen LogP) is 1.93. The number of fused-ring (bicyclic) bond motifs is 3. The zero-order valence-corrected chi connectivity index (χ0v) is 11.4. The molecule has 4 heteroatoms. The van der Waals surface area contributed by atoms with Crippen LogP contribution in [0.25, 0.3) is 0 Å². The fraction of sp³-hybridized carbons (Fsp3) is 0.533. The van der Waals surface area contributed by atoms with Crippen LogP contribution >= 0.6 is 0 Å². The van der Waals surface area contributed by atoms with Gasteiger partial charge in [-0.15, -0.1) is 0 Å². The highest BCUT2D eigenvalue weighted by Gasteiger charge is 2.40. The molecule has 1 saturated heterocycles. The second-order valence-corrected chi connectivity index (χ2v) is 5.08. The third-order valence-corrected chi connectivity index (χ3v) is 4.17. The van der Waals surface area contributed by atoms with E-state index in [4.69, 9.17) is 9.47 Å². The van der Waals surface area contributed by atoms with Crippen molar-refractivity contribution < 1.29 is 14.3 Å². The molecule has 1 fully saturated rings. The van der Waals surface area contributed by atoms with E-state index >= 15 is 0 Å². The van der Waals surface area contributed by atoms with Crippen molar-refractivity contribution in [1.82, 2.24) is 4.90 Å². The standard InChI is InChI=1S/C15H19NO3/c1-3-16-13-7-5-10-4-6-11(18-2)8-12(10)15(13)19-9-14(16)17/h4,6,8,13,15H,3,5,7,9H2,1-2H3/t13-,15-/m1/s1. The fourth-order valence-electron chi connectivity index (χ4n) is 3.21. The molecule has 0 spiro atoms. The molecule has 1 heterocycles. The van der Waals surface area contributed by atoms with Crippen LogP contribution in [0.1, 0.15) is 30.6 Å². The second kappa shape index (κ2) is 4.85. The number of carbonyl (C=O) groups is 1. The first kappa shape index (κ1) is 12.5. The largest absolute Gasteiger partial charge is 0.497 e. The van der Waals surface area contributed by atoms with Crippen LogP contribution in [0.15, 0.2) is 18.2 Å². The number of carbonyl (C=O) groups excluding carboxylic acids is 1. The minimum Gasteiger partial charge on any atom is -0.497 e. The SMILES string of the molecule is CCN1C(=O)CO[C@@H]2c3cc(OC)ccc3CC[C@H]21. The maximum atomic E-state index is 11.9.